The van der Waals surface area contributed by atoms with Gasteiger partial charge in [-0.1, -0.05) is 72.4 Å². The van der Waals surface area contributed by atoms with Crippen LogP contribution in [0.4, 0.5) is 0 Å². The molecule has 3 aromatic carbocycles. The molecule has 0 saturated heterocycles. The molecule has 0 unspecified atom stereocenters. The summed E-state index contributed by atoms with van der Waals surface area (Å²) < 4.78 is 0. The van der Waals surface area contributed by atoms with E-state index in [4.69, 9.17) is 4.84 Å². The van der Waals surface area contributed by atoms with E-state index in [0.717, 1.165) is 17.7 Å². The zero-order chi connectivity index (χ0) is 18.9. The minimum Gasteiger partial charge on any atom is -0.313 e. The van der Waals surface area contributed by atoms with Crippen molar-refractivity contribution >= 4 is 23.4 Å². The predicted octanol–water partition coefficient (Wildman–Crippen LogP) is 6.00. The second-order valence-electron chi connectivity index (χ2n) is 5.99. The zero-order valence-electron chi connectivity index (χ0n) is 15.2. The Bertz CT molecular complexity index is 891. The van der Waals surface area contributed by atoms with Crippen molar-refractivity contribution in [1.82, 2.24) is 0 Å². The topological polar surface area (TPSA) is 38.7 Å². The highest BCUT2D eigenvalue weighted by Gasteiger charge is 2.07. The number of nitrogens with zero attached hydrogens (tertiary/aromatic N) is 1. The fraction of sp³-hybridized carbons (Fsp3) is 0.130. The lowest BCUT2D eigenvalue weighted by Gasteiger charge is -2.06. The van der Waals surface area contributed by atoms with Crippen molar-refractivity contribution in [3.63, 3.8) is 0 Å². The molecule has 136 valence electrons. The van der Waals surface area contributed by atoms with E-state index in [9.17, 15) is 4.79 Å². The quantitative estimate of drug-likeness (QED) is 0.289. The molecule has 0 fully saturated rings. The normalized spacial score (nSPS) is 11.2. The maximum absolute atomic E-state index is 12.0. The first kappa shape index (κ1) is 18.9. The van der Waals surface area contributed by atoms with Gasteiger partial charge in [0.15, 0.2) is 0 Å². The van der Waals surface area contributed by atoms with Gasteiger partial charge in [-0.2, -0.15) is 0 Å². The molecule has 0 spiro atoms. The van der Waals surface area contributed by atoms with Crippen LogP contribution in [-0.4, -0.2) is 11.7 Å². The number of rotatable bonds is 7. The molecule has 0 heterocycles. The summed E-state index contributed by atoms with van der Waals surface area (Å²) in [6.45, 7) is 2.01. The van der Waals surface area contributed by atoms with Crippen molar-refractivity contribution in [2.24, 2.45) is 5.16 Å². The lowest BCUT2D eigenvalue weighted by atomic mass is 10.1. The van der Waals surface area contributed by atoms with Gasteiger partial charge in [0.2, 0.25) is 0 Å². The van der Waals surface area contributed by atoms with Crippen LogP contribution in [0.1, 0.15) is 29.3 Å². The Balaban J connectivity index is 1.60. The van der Waals surface area contributed by atoms with Crippen LogP contribution in [0, 0.1) is 0 Å². The van der Waals surface area contributed by atoms with Crippen LogP contribution < -0.4 is 0 Å². The van der Waals surface area contributed by atoms with Crippen molar-refractivity contribution in [1.29, 1.82) is 0 Å². The molecular formula is C23H21NO2S. The van der Waals surface area contributed by atoms with E-state index >= 15 is 0 Å². The van der Waals surface area contributed by atoms with E-state index in [1.165, 1.54) is 9.79 Å². The molecule has 3 nitrogen and oxygen atoms in total. The van der Waals surface area contributed by atoms with E-state index in [1.807, 2.05) is 31.2 Å². The standard InChI is InChI=1S/C23H21NO2S/c1-2-20(24-26-23(25)19-9-5-3-6-10-19)17-18-13-15-22(16-14-18)27-21-11-7-4-8-12-21/h3-16H,2,17H2,1H3/b24-20+. The van der Waals surface area contributed by atoms with E-state index in [2.05, 4.69) is 41.6 Å². The van der Waals surface area contributed by atoms with Crippen molar-refractivity contribution < 1.29 is 9.63 Å². The van der Waals surface area contributed by atoms with Gasteiger partial charge in [0, 0.05) is 16.2 Å². The first-order valence-corrected chi connectivity index (χ1v) is 9.70. The molecule has 0 aromatic heterocycles. The van der Waals surface area contributed by atoms with Crippen LogP contribution in [0.15, 0.2) is 99.9 Å². The Morgan fingerprint density at radius 2 is 1.44 bits per heavy atom. The van der Waals surface area contributed by atoms with Crippen molar-refractivity contribution in [3.8, 4) is 0 Å². The average molecular weight is 375 g/mol. The molecule has 0 N–H and O–H groups in total. The highest BCUT2D eigenvalue weighted by atomic mass is 32.2. The van der Waals surface area contributed by atoms with Gasteiger partial charge >= 0.3 is 5.97 Å². The third kappa shape index (κ3) is 5.83. The molecule has 4 heteroatoms. The summed E-state index contributed by atoms with van der Waals surface area (Å²) in [6, 6.07) is 27.6. The largest absolute Gasteiger partial charge is 0.365 e. The number of oxime groups is 1. The van der Waals surface area contributed by atoms with Crippen LogP contribution >= 0.6 is 11.8 Å². The first-order valence-electron chi connectivity index (χ1n) is 8.88. The lowest BCUT2D eigenvalue weighted by molar-refractivity contribution is 0.0514. The smallest absolute Gasteiger partial charge is 0.313 e. The molecule has 0 aliphatic heterocycles. The SMILES string of the molecule is CC/C(Cc1ccc(Sc2ccccc2)cc1)=N\OC(=O)c1ccccc1. The molecular weight excluding hydrogens is 354 g/mol. The van der Waals surface area contributed by atoms with Crippen LogP contribution in [0.25, 0.3) is 0 Å². The van der Waals surface area contributed by atoms with Gasteiger partial charge in [0.25, 0.3) is 0 Å². The predicted molar refractivity (Wildman–Crippen MR) is 110 cm³/mol. The Morgan fingerprint density at radius 3 is 2.07 bits per heavy atom. The fourth-order valence-corrected chi connectivity index (χ4v) is 3.33. The van der Waals surface area contributed by atoms with Crippen molar-refractivity contribution in [3.05, 3.63) is 96.1 Å². The van der Waals surface area contributed by atoms with Crippen LogP contribution in [-0.2, 0) is 11.3 Å². The number of carbonyl (C=O) groups excluding carboxylic acids is 1. The van der Waals surface area contributed by atoms with Gasteiger partial charge in [-0.05, 0) is 48.4 Å². The summed E-state index contributed by atoms with van der Waals surface area (Å²) in [5.41, 5.74) is 2.48. The Kier molecular flexibility index (Phi) is 6.83. The van der Waals surface area contributed by atoms with E-state index in [1.54, 1.807) is 36.0 Å². The molecule has 3 aromatic rings. The van der Waals surface area contributed by atoms with E-state index in [-0.39, 0.29) is 0 Å². The third-order valence-electron chi connectivity index (χ3n) is 3.99. The summed E-state index contributed by atoms with van der Waals surface area (Å²) in [4.78, 5) is 19.5. The molecule has 0 bridgehead atoms. The molecule has 0 aliphatic carbocycles. The number of hydrogen-bond acceptors (Lipinski definition) is 4. The first-order chi connectivity index (χ1) is 13.2. The summed E-state index contributed by atoms with van der Waals surface area (Å²) in [5.74, 6) is -0.434. The van der Waals surface area contributed by atoms with Gasteiger partial charge in [-0.15, -0.1) is 0 Å². The molecule has 3 rings (SSSR count). The number of carbonyl (C=O) groups is 1. The average Bonchev–Trinajstić information content (AvgIpc) is 2.73. The van der Waals surface area contributed by atoms with Gasteiger partial charge in [-0.3, -0.25) is 0 Å². The van der Waals surface area contributed by atoms with E-state index in [0.29, 0.717) is 12.0 Å². The van der Waals surface area contributed by atoms with Crippen LogP contribution in [0.3, 0.4) is 0 Å². The van der Waals surface area contributed by atoms with Gasteiger partial charge in [0.1, 0.15) is 0 Å². The Hall–Kier alpha value is -2.85. The third-order valence-corrected chi connectivity index (χ3v) is 5.00. The monoisotopic (exact) mass is 375 g/mol. The van der Waals surface area contributed by atoms with Crippen LogP contribution in [0.5, 0.6) is 0 Å². The summed E-state index contributed by atoms with van der Waals surface area (Å²) >= 11 is 1.73. The fourth-order valence-electron chi connectivity index (χ4n) is 2.49. The lowest BCUT2D eigenvalue weighted by Crippen LogP contribution is -2.06. The van der Waals surface area contributed by atoms with Crippen molar-refractivity contribution in [2.75, 3.05) is 0 Å². The molecule has 0 saturated carbocycles. The summed E-state index contributed by atoms with van der Waals surface area (Å²) in [6.07, 6.45) is 1.39. The number of hydrogen-bond donors (Lipinski definition) is 0. The molecule has 0 atom stereocenters. The second kappa shape index (κ2) is 9.74. The Labute approximate surface area is 164 Å². The minimum atomic E-state index is -0.434. The van der Waals surface area contributed by atoms with Crippen LogP contribution in [0.2, 0.25) is 0 Å². The highest BCUT2D eigenvalue weighted by molar-refractivity contribution is 7.99. The van der Waals surface area contributed by atoms with Crippen molar-refractivity contribution in [2.45, 2.75) is 29.6 Å². The maximum atomic E-state index is 12.0. The van der Waals surface area contributed by atoms with E-state index < -0.39 is 5.97 Å². The van der Waals surface area contributed by atoms with Gasteiger partial charge < -0.3 is 4.84 Å². The molecule has 0 radical (unpaired) electrons. The van der Waals surface area contributed by atoms with Gasteiger partial charge in [0.05, 0.1) is 11.3 Å². The van der Waals surface area contributed by atoms with Gasteiger partial charge in [-0.25, -0.2) is 4.79 Å². The highest BCUT2D eigenvalue weighted by Crippen LogP contribution is 2.27. The molecule has 0 amide bonds. The molecule has 0 aliphatic rings. The Morgan fingerprint density at radius 1 is 0.852 bits per heavy atom. The second-order valence-corrected chi connectivity index (χ2v) is 7.14. The summed E-state index contributed by atoms with van der Waals surface area (Å²) in [7, 11) is 0. The number of benzene rings is 3. The summed E-state index contributed by atoms with van der Waals surface area (Å²) in [5, 5.41) is 4.07. The maximum Gasteiger partial charge on any atom is 0.365 e. The minimum absolute atomic E-state index is 0.434. The molecule has 27 heavy (non-hydrogen) atoms. The zero-order valence-corrected chi connectivity index (χ0v) is 16.0.